The Morgan fingerprint density at radius 1 is 1.25 bits per heavy atom. The first-order valence-corrected chi connectivity index (χ1v) is 7.45. The molecule has 1 N–H and O–H groups in total. The Kier molecular flexibility index (Phi) is 4.84. The van der Waals surface area contributed by atoms with Crippen LogP contribution < -0.4 is 5.32 Å². The van der Waals surface area contributed by atoms with E-state index in [0.29, 0.717) is 0 Å². The predicted molar refractivity (Wildman–Crippen MR) is 84.8 cm³/mol. The maximum Gasteiger partial charge on any atom is 0.0879 e. The molecule has 0 unspecified atom stereocenters. The molecule has 0 radical (unpaired) electrons. The maximum absolute atomic E-state index is 6.42. The molecule has 0 aliphatic rings. The zero-order valence-electron chi connectivity index (χ0n) is 12.6. The highest BCUT2D eigenvalue weighted by molar-refractivity contribution is 6.32. The molecule has 0 aliphatic carbocycles. The first-order chi connectivity index (χ1) is 9.56. The number of para-hydroxylation sites is 1. The monoisotopic (exact) mass is 291 g/mol. The Hall–Kier alpha value is -1.32. The molecule has 2 rings (SSSR count). The third-order valence-electron chi connectivity index (χ3n) is 3.68. The summed E-state index contributed by atoms with van der Waals surface area (Å²) in [7, 11) is 0. The average Bonchev–Trinajstić information content (AvgIpc) is 2.67. The SMILES string of the molecule is CCCNCc1cccc(Cl)c1-n1nc(C)c(C)c1C. The van der Waals surface area contributed by atoms with Crippen molar-refractivity contribution in [2.45, 2.75) is 40.7 Å². The quantitative estimate of drug-likeness (QED) is 0.845. The second kappa shape index (κ2) is 6.42. The van der Waals surface area contributed by atoms with Crippen molar-refractivity contribution < 1.29 is 0 Å². The van der Waals surface area contributed by atoms with Crippen molar-refractivity contribution in [1.82, 2.24) is 15.1 Å². The smallest absolute Gasteiger partial charge is 0.0879 e. The predicted octanol–water partition coefficient (Wildman–Crippen LogP) is 3.95. The van der Waals surface area contributed by atoms with Gasteiger partial charge in [-0.05, 0) is 50.9 Å². The Labute approximate surface area is 126 Å². The van der Waals surface area contributed by atoms with Gasteiger partial charge in [0.2, 0.25) is 0 Å². The van der Waals surface area contributed by atoms with Crippen molar-refractivity contribution in [3.05, 3.63) is 45.7 Å². The molecular formula is C16H22ClN3. The maximum atomic E-state index is 6.42. The summed E-state index contributed by atoms with van der Waals surface area (Å²) in [6.45, 7) is 10.2. The molecule has 3 nitrogen and oxygen atoms in total. The second-order valence-electron chi connectivity index (χ2n) is 5.13. The van der Waals surface area contributed by atoms with E-state index in [9.17, 15) is 0 Å². The van der Waals surface area contributed by atoms with Crippen LogP contribution in [0.4, 0.5) is 0 Å². The minimum atomic E-state index is 0.742. The lowest BCUT2D eigenvalue weighted by atomic mass is 10.1. The van der Waals surface area contributed by atoms with Gasteiger partial charge in [0.1, 0.15) is 0 Å². The van der Waals surface area contributed by atoms with E-state index in [1.165, 1.54) is 11.1 Å². The van der Waals surface area contributed by atoms with Gasteiger partial charge in [0, 0.05) is 12.2 Å². The number of hydrogen-bond acceptors (Lipinski definition) is 2. The number of halogens is 1. The van der Waals surface area contributed by atoms with E-state index in [4.69, 9.17) is 11.6 Å². The molecule has 1 heterocycles. The number of aromatic nitrogens is 2. The fraction of sp³-hybridized carbons (Fsp3) is 0.438. The van der Waals surface area contributed by atoms with Crippen molar-refractivity contribution in [2.75, 3.05) is 6.54 Å². The van der Waals surface area contributed by atoms with Gasteiger partial charge in [0.15, 0.2) is 0 Å². The Morgan fingerprint density at radius 2 is 2.00 bits per heavy atom. The summed E-state index contributed by atoms with van der Waals surface area (Å²) in [5.41, 5.74) is 5.59. The highest BCUT2D eigenvalue weighted by Gasteiger charge is 2.15. The van der Waals surface area contributed by atoms with Gasteiger partial charge in [-0.2, -0.15) is 5.10 Å². The van der Waals surface area contributed by atoms with Crippen LogP contribution in [-0.4, -0.2) is 16.3 Å². The van der Waals surface area contributed by atoms with E-state index in [-0.39, 0.29) is 0 Å². The van der Waals surface area contributed by atoms with Crippen molar-refractivity contribution in [2.24, 2.45) is 0 Å². The number of aryl methyl sites for hydroxylation is 1. The molecule has 0 atom stereocenters. The van der Waals surface area contributed by atoms with Crippen LogP contribution in [0, 0.1) is 20.8 Å². The van der Waals surface area contributed by atoms with Crippen molar-refractivity contribution in [3.8, 4) is 5.69 Å². The molecule has 0 aliphatic heterocycles. The Balaban J connectivity index is 2.46. The minimum absolute atomic E-state index is 0.742. The molecule has 20 heavy (non-hydrogen) atoms. The van der Waals surface area contributed by atoms with Crippen molar-refractivity contribution in [1.29, 1.82) is 0 Å². The highest BCUT2D eigenvalue weighted by Crippen LogP contribution is 2.27. The molecule has 0 saturated heterocycles. The molecule has 0 amide bonds. The van der Waals surface area contributed by atoms with Gasteiger partial charge < -0.3 is 5.32 Å². The number of nitrogens with one attached hydrogen (secondary N) is 1. The van der Waals surface area contributed by atoms with Gasteiger partial charge in [-0.3, -0.25) is 0 Å². The lowest BCUT2D eigenvalue weighted by Crippen LogP contribution is -2.16. The Bertz CT molecular complexity index is 602. The number of benzene rings is 1. The van der Waals surface area contributed by atoms with Gasteiger partial charge in [0.05, 0.1) is 16.4 Å². The van der Waals surface area contributed by atoms with Crippen LogP contribution in [0.2, 0.25) is 5.02 Å². The fourth-order valence-electron chi connectivity index (χ4n) is 2.28. The summed E-state index contributed by atoms with van der Waals surface area (Å²) in [5, 5.41) is 8.81. The van der Waals surface area contributed by atoms with E-state index in [1.807, 2.05) is 23.7 Å². The standard InChI is InChI=1S/C16H22ClN3/c1-5-9-18-10-14-7-6-8-15(17)16(14)20-13(4)11(2)12(3)19-20/h6-8,18H,5,9-10H2,1-4H3. The first-order valence-electron chi connectivity index (χ1n) is 7.07. The zero-order valence-corrected chi connectivity index (χ0v) is 13.4. The molecule has 0 bridgehead atoms. The van der Waals surface area contributed by atoms with Gasteiger partial charge in [-0.25, -0.2) is 4.68 Å². The van der Waals surface area contributed by atoms with Crippen LogP contribution in [0.3, 0.4) is 0 Å². The van der Waals surface area contributed by atoms with Crippen LogP contribution in [0.15, 0.2) is 18.2 Å². The fourth-order valence-corrected chi connectivity index (χ4v) is 2.55. The number of nitrogens with zero attached hydrogens (tertiary/aromatic N) is 2. The van der Waals surface area contributed by atoms with Crippen molar-refractivity contribution >= 4 is 11.6 Å². The molecule has 4 heteroatoms. The Morgan fingerprint density at radius 3 is 2.60 bits per heavy atom. The zero-order chi connectivity index (χ0) is 14.7. The summed E-state index contributed by atoms with van der Waals surface area (Å²) in [6.07, 6.45) is 1.12. The summed E-state index contributed by atoms with van der Waals surface area (Å²) in [5.74, 6) is 0. The van der Waals surface area contributed by atoms with E-state index in [1.54, 1.807) is 0 Å². The lowest BCUT2D eigenvalue weighted by Gasteiger charge is -2.14. The molecule has 0 saturated carbocycles. The van der Waals surface area contributed by atoms with E-state index in [2.05, 4.69) is 37.3 Å². The highest BCUT2D eigenvalue weighted by atomic mass is 35.5. The summed E-state index contributed by atoms with van der Waals surface area (Å²) in [6, 6.07) is 6.02. The second-order valence-corrected chi connectivity index (χ2v) is 5.54. The van der Waals surface area contributed by atoms with Crippen molar-refractivity contribution in [3.63, 3.8) is 0 Å². The number of rotatable bonds is 5. The van der Waals surface area contributed by atoms with Gasteiger partial charge in [-0.15, -0.1) is 0 Å². The summed E-state index contributed by atoms with van der Waals surface area (Å²) >= 11 is 6.42. The molecule has 108 valence electrons. The van der Waals surface area contributed by atoms with Crippen LogP contribution in [0.5, 0.6) is 0 Å². The van der Waals surface area contributed by atoms with E-state index < -0.39 is 0 Å². The van der Waals surface area contributed by atoms with E-state index >= 15 is 0 Å². The van der Waals surface area contributed by atoms with Gasteiger partial charge in [0.25, 0.3) is 0 Å². The molecule has 2 aromatic rings. The third-order valence-corrected chi connectivity index (χ3v) is 3.98. The van der Waals surface area contributed by atoms with Crippen LogP contribution >= 0.6 is 11.6 Å². The average molecular weight is 292 g/mol. The molecule has 0 fully saturated rings. The number of hydrogen-bond donors (Lipinski definition) is 1. The normalized spacial score (nSPS) is 11.1. The lowest BCUT2D eigenvalue weighted by molar-refractivity contribution is 0.669. The first kappa shape index (κ1) is 15.1. The summed E-state index contributed by atoms with van der Waals surface area (Å²) < 4.78 is 1.97. The largest absolute Gasteiger partial charge is 0.313 e. The van der Waals surface area contributed by atoms with Gasteiger partial charge in [-0.1, -0.05) is 30.7 Å². The van der Waals surface area contributed by atoms with Gasteiger partial charge >= 0.3 is 0 Å². The molecule has 0 spiro atoms. The van der Waals surface area contributed by atoms with Crippen LogP contribution in [-0.2, 0) is 6.54 Å². The molecular weight excluding hydrogens is 270 g/mol. The molecule has 1 aromatic heterocycles. The minimum Gasteiger partial charge on any atom is -0.313 e. The van der Waals surface area contributed by atoms with E-state index in [0.717, 1.165) is 41.6 Å². The molecule has 1 aromatic carbocycles. The third kappa shape index (κ3) is 2.89. The van der Waals surface area contributed by atoms with Crippen LogP contribution in [0.1, 0.15) is 35.9 Å². The van der Waals surface area contributed by atoms with Crippen LogP contribution in [0.25, 0.3) is 5.69 Å². The summed E-state index contributed by atoms with van der Waals surface area (Å²) in [4.78, 5) is 0. The topological polar surface area (TPSA) is 29.9 Å².